The van der Waals surface area contributed by atoms with E-state index in [9.17, 15) is 19.2 Å². The summed E-state index contributed by atoms with van der Waals surface area (Å²) in [6, 6.07) is -0.513. The van der Waals surface area contributed by atoms with Crippen molar-refractivity contribution in [2.45, 2.75) is 82.1 Å². The molecule has 2 heterocycles. The molecule has 7 nitrogen and oxygen atoms in total. The van der Waals surface area contributed by atoms with Crippen LogP contribution in [-0.4, -0.2) is 65.8 Å². The van der Waals surface area contributed by atoms with E-state index in [1.54, 1.807) is 4.90 Å². The maximum Gasteiger partial charge on any atom is 0.240 e. The lowest BCUT2D eigenvalue weighted by molar-refractivity contribution is -0.155. The highest BCUT2D eigenvalue weighted by Gasteiger charge is 2.60. The molecule has 8 heteroatoms. The SMILES string of the molecule is CC(C)(CN(C=O)C[C@H]1CC2CCCC23CC[C@@H](C(N)=O)N3C1=O)[Si](C)(C)O. The predicted molar refractivity (Wildman–Crippen MR) is 109 cm³/mol. The van der Waals surface area contributed by atoms with Crippen LogP contribution >= 0.6 is 0 Å². The van der Waals surface area contributed by atoms with Gasteiger partial charge in [0.1, 0.15) is 6.04 Å². The summed E-state index contributed by atoms with van der Waals surface area (Å²) in [6.45, 7) is 8.45. The molecule has 0 aromatic carbocycles. The third-order valence-electron chi connectivity index (χ3n) is 7.91. The van der Waals surface area contributed by atoms with E-state index >= 15 is 0 Å². The van der Waals surface area contributed by atoms with Gasteiger partial charge in [0.2, 0.25) is 18.2 Å². The topological polar surface area (TPSA) is 104 Å². The molecule has 28 heavy (non-hydrogen) atoms. The van der Waals surface area contributed by atoms with Crippen molar-refractivity contribution in [1.82, 2.24) is 9.80 Å². The number of amides is 3. The third kappa shape index (κ3) is 3.38. The van der Waals surface area contributed by atoms with E-state index in [1.165, 1.54) is 0 Å². The highest BCUT2D eigenvalue weighted by Crippen LogP contribution is 2.55. The van der Waals surface area contributed by atoms with Gasteiger partial charge in [-0.05, 0) is 51.1 Å². The van der Waals surface area contributed by atoms with Gasteiger partial charge in [-0.1, -0.05) is 20.3 Å². The minimum absolute atomic E-state index is 0.0235. The Hall–Kier alpha value is -1.41. The molecule has 4 atom stereocenters. The molecular formula is C20H35N3O4Si. The van der Waals surface area contributed by atoms with E-state index in [0.29, 0.717) is 25.4 Å². The molecule has 158 valence electrons. The average Bonchev–Trinajstić information content (AvgIpc) is 3.17. The van der Waals surface area contributed by atoms with Crippen LogP contribution in [0.4, 0.5) is 0 Å². The lowest BCUT2D eigenvalue weighted by Gasteiger charge is -2.49. The maximum absolute atomic E-state index is 13.4. The summed E-state index contributed by atoms with van der Waals surface area (Å²) < 4.78 is 0. The Kier molecular flexibility index (Phi) is 5.42. The molecule has 2 aliphatic heterocycles. The van der Waals surface area contributed by atoms with E-state index in [2.05, 4.69) is 0 Å². The zero-order valence-electron chi connectivity index (χ0n) is 17.6. The van der Waals surface area contributed by atoms with Gasteiger partial charge in [0.25, 0.3) is 0 Å². The van der Waals surface area contributed by atoms with E-state index in [1.807, 2.05) is 31.8 Å². The van der Waals surface area contributed by atoms with E-state index < -0.39 is 20.3 Å². The van der Waals surface area contributed by atoms with Crippen LogP contribution in [-0.2, 0) is 14.4 Å². The van der Waals surface area contributed by atoms with Crippen molar-refractivity contribution in [3.63, 3.8) is 0 Å². The molecule has 0 bridgehead atoms. The van der Waals surface area contributed by atoms with Gasteiger partial charge in [-0.15, -0.1) is 0 Å². The second-order valence-corrected chi connectivity index (χ2v) is 14.7. The van der Waals surface area contributed by atoms with Crippen molar-refractivity contribution in [3.8, 4) is 0 Å². The summed E-state index contributed by atoms with van der Waals surface area (Å²) in [5.74, 6) is -0.368. The molecule has 3 amide bonds. The first-order valence-corrected chi connectivity index (χ1v) is 13.4. The van der Waals surface area contributed by atoms with Gasteiger partial charge in [0, 0.05) is 23.7 Å². The number of carbonyl (C=O) groups excluding carboxylic acids is 3. The number of piperidine rings is 1. The lowest BCUT2D eigenvalue weighted by atomic mass is 9.74. The van der Waals surface area contributed by atoms with Gasteiger partial charge in [-0.25, -0.2) is 0 Å². The van der Waals surface area contributed by atoms with Gasteiger partial charge in [-0.2, -0.15) is 0 Å². The summed E-state index contributed by atoms with van der Waals surface area (Å²) in [5.41, 5.74) is 5.43. The number of hydrogen-bond acceptors (Lipinski definition) is 4. The normalized spacial score (nSPS) is 32.8. The predicted octanol–water partition coefficient (Wildman–Crippen LogP) is 1.46. The fraction of sp³-hybridized carbons (Fsp3) is 0.850. The molecule has 2 saturated heterocycles. The van der Waals surface area contributed by atoms with Crippen molar-refractivity contribution in [2.75, 3.05) is 13.1 Å². The smallest absolute Gasteiger partial charge is 0.240 e. The molecule has 0 aromatic rings. The van der Waals surface area contributed by atoms with Crippen molar-refractivity contribution in [2.24, 2.45) is 17.6 Å². The highest BCUT2D eigenvalue weighted by atomic mass is 28.4. The van der Waals surface area contributed by atoms with Crippen LogP contribution < -0.4 is 5.73 Å². The second kappa shape index (κ2) is 7.13. The maximum atomic E-state index is 13.4. The molecule has 1 saturated carbocycles. The highest BCUT2D eigenvalue weighted by molar-refractivity contribution is 6.73. The Morgan fingerprint density at radius 3 is 2.64 bits per heavy atom. The Labute approximate surface area is 168 Å². The molecular weight excluding hydrogens is 374 g/mol. The van der Waals surface area contributed by atoms with Crippen molar-refractivity contribution in [1.29, 1.82) is 0 Å². The van der Waals surface area contributed by atoms with E-state index in [4.69, 9.17) is 5.73 Å². The molecule has 3 N–H and O–H groups in total. The van der Waals surface area contributed by atoms with Crippen LogP contribution in [0.2, 0.25) is 18.1 Å². The number of carbonyl (C=O) groups is 3. The molecule has 2 unspecified atom stereocenters. The summed E-state index contributed by atoms with van der Waals surface area (Å²) in [7, 11) is -2.47. The Morgan fingerprint density at radius 2 is 2.07 bits per heavy atom. The number of hydrogen-bond donors (Lipinski definition) is 2. The molecule has 3 aliphatic rings. The summed E-state index contributed by atoms with van der Waals surface area (Å²) >= 11 is 0. The van der Waals surface area contributed by atoms with Crippen LogP contribution in [0.25, 0.3) is 0 Å². The number of rotatable bonds is 7. The second-order valence-electron chi connectivity index (χ2n) is 10.3. The number of nitrogens with zero attached hydrogens (tertiary/aromatic N) is 2. The summed E-state index contributed by atoms with van der Waals surface area (Å²) in [6.07, 6.45) is 6.16. The molecule has 1 spiro atoms. The van der Waals surface area contributed by atoms with Gasteiger partial charge in [-0.3, -0.25) is 14.4 Å². The van der Waals surface area contributed by atoms with Crippen LogP contribution in [0.1, 0.15) is 52.4 Å². The summed E-state index contributed by atoms with van der Waals surface area (Å²) in [5, 5.41) is -0.383. The minimum atomic E-state index is -2.47. The third-order valence-corrected chi connectivity index (χ3v) is 11.4. The fourth-order valence-corrected chi connectivity index (χ4v) is 6.21. The van der Waals surface area contributed by atoms with Crippen molar-refractivity contribution in [3.05, 3.63) is 0 Å². The van der Waals surface area contributed by atoms with Crippen LogP contribution in [0.3, 0.4) is 0 Å². The molecule has 3 rings (SSSR count). The largest absolute Gasteiger partial charge is 0.432 e. The Bertz CT molecular complexity index is 662. The number of nitrogens with two attached hydrogens (primary N) is 1. The Balaban J connectivity index is 1.80. The van der Waals surface area contributed by atoms with Gasteiger partial charge >= 0.3 is 0 Å². The van der Waals surface area contributed by atoms with Crippen molar-refractivity contribution >= 4 is 26.5 Å². The number of primary amides is 1. The monoisotopic (exact) mass is 409 g/mol. The fourth-order valence-electron chi connectivity index (χ4n) is 5.62. The van der Waals surface area contributed by atoms with Crippen LogP contribution in [0.5, 0.6) is 0 Å². The standard InChI is InChI=1S/C20H35N3O4Si/c1-19(2,28(3,4)27)12-22(13-24)11-14-10-15-6-5-8-20(15)9-7-16(17(21)25)23(20)18(14)26/h13-16,27H,5-12H2,1-4H3,(H2,21,25)/t14-,15?,16+,20?/m1/s1. The molecule has 0 radical (unpaired) electrons. The minimum Gasteiger partial charge on any atom is -0.432 e. The summed E-state index contributed by atoms with van der Waals surface area (Å²) in [4.78, 5) is 51.2. The molecule has 1 aliphatic carbocycles. The van der Waals surface area contributed by atoms with Gasteiger partial charge < -0.3 is 20.3 Å². The zero-order chi connectivity index (χ0) is 20.9. The first-order valence-electron chi connectivity index (χ1n) is 10.5. The van der Waals surface area contributed by atoms with Crippen LogP contribution in [0.15, 0.2) is 0 Å². The van der Waals surface area contributed by atoms with Gasteiger partial charge in [0.15, 0.2) is 8.32 Å². The quantitative estimate of drug-likeness (QED) is 0.491. The van der Waals surface area contributed by atoms with Gasteiger partial charge in [0.05, 0.1) is 5.92 Å². The zero-order valence-corrected chi connectivity index (χ0v) is 18.6. The average molecular weight is 410 g/mol. The van der Waals surface area contributed by atoms with E-state index in [0.717, 1.165) is 38.5 Å². The molecule has 0 aromatic heterocycles. The molecule has 3 fully saturated rings. The van der Waals surface area contributed by atoms with Crippen LogP contribution in [0, 0.1) is 11.8 Å². The first-order chi connectivity index (χ1) is 12.9. The Morgan fingerprint density at radius 1 is 1.39 bits per heavy atom. The van der Waals surface area contributed by atoms with E-state index in [-0.39, 0.29) is 22.4 Å². The van der Waals surface area contributed by atoms with Crippen molar-refractivity contribution < 1.29 is 19.2 Å². The first kappa shape index (κ1) is 21.3. The lowest BCUT2D eigenvalue weighted by Crippen LogP contribution is -2.62.